The van der Waals surface area contributed by atoms with Crippen LogP contribution in [0.15, 0.2) is 41.4 Å². The van der Waals surface area contributed by atoms with Crippen molar-refractivity contribution in [2.24, 2.45) is 4.99 Å². The number of hydrogen-bond acceptors (Lipinski definition) is 2. The van der Waals surface area contributed by atoms with Crippen LogP contribution in [0.2, 0.25) is 0 Å². The van der Waals surface area contributed by atoms with Gasteiger partial charge in [0.05, 0.1) is 17.6 Å². The minimum atomic E-state index is 0. The lowest BCUT2D eigenvalue weighted by atomic mass is 10.2. The Morgan fingerprint density at radius 2 is 2.04 bits per heavy atom. The molecule has 0 amide bonds. The first-order valence-corrected chi connectivity index (χ1v) is 8.39. The van der Waals surface area contributed by atoms with E-state index in [0.717, 1.165) is 49.8 Å². The average Bonchev–Trinajstić information content (AvgIpc) is 3.15. The van der Waals surface area contributed by atoms with Gasteiger partial charge in [0.2, 0.25) is 0 Å². The van der Waals surface area contributed by atoms with E-state index in [0.29, 0.717) is 6.04 Å². The van der Waals surface area contributed by atoms with Crippen LogP contribution in [-0.4, -0.2) is 34.6 Å². The quantitative estimate of drug-likeness (QED) is 0.326. The maximum Gasteiger partial charge on any atom is 0.191 e. The average molecular weight is 439 g/mol. The highest BCUT2D eigenvalue weighted by Gasteiger charge is 2.11. The van der Waals surface area contributed by atoms with Crippen molar-refractivity contribution in [2.45, 2.75) is 39.3 Å². The second kappa shape index (κ2) is 9.05. The van der Waals surface area contributed by atoms with Crippen LogP contribution in [0, 0.1) is 6.92 Å². The Labute approximate surface area is 160 Å². The van der Waals surface area contributed by atoms with Crippen LogP contribution in [0.1, 0.15) is 25.6 Å². The van der Waals surface area contributed by atoms with Crippen LogP contribution in [0.3, 0.4) is 0 Å². The summed E-state index contributed by atoms with van der Waals surface area (Å²) in [5, 5.41) is 6.83. The van der Waals surface area contributed by atoms with Crippen LogP contribution in [-0.2, 0) is 6.54 Å². The Hall–Kier alpha value is -1.57. The number of fused-ring (bicyclic) bond motifs is 1. The lowest BCUT2D eigenvalue weighted by Crippen LogP contribution is -2.42. The van der Waals surface area contributed by atoms with Crippen molar-refractivity contribution >= 4 is 41.0 Å². The van der Waals surface area contributed by atoms with Gasteiger partial charge in [0.15, 0.2) is 5.96 Å². The molecule has 2 aromatic rings. The van der Waals surface area contributed by atoms with Crippen molar-refractivity contribution in [1.29, 1.82) is 0 Å². The van der Waals surface area contributed by atoms with Crippen LogP contribution in [0.4, 0.5) is 0 Å². The molecule has 5 nitrogen and oxygen atoms in total. The zero-order valence-electron chi connectivity index (χ0n) is 14.3. The Morgan fingerprint density at radius 1 is 1.29 bits per heavy atom. The zero-order chi connectivity index (χ0) is 16.1. The molecule has 0 bridgehead atoms. The van der Waals surface area contributed by atoms with Gasteiger partial charge in [-0.2, -0.15) is 0 Å². The number of nitrogens with zero attached hydrogens (tertiary/aromatic N) is 3. The van der Waals surface area contributed by atoms with Crippen molar-refractivity contribution in [3.05, 3.63) is 42.2 Å². The third kappa shape index (κ3) is 4.49. The maximum absolute atomic E-state index is 4.72. The molecule has 1 aromatic carbocycles. The topological polar surface area (TPSA) is 54.2 Å². The number of rotatable bonds is 5. The molecule has 0 atom stereocenters. The summed E-state index contributed by atoms with van der Waals surface area (Å²) in [7, 11) is 0. The number of para-hydroxylation sites is 2. The summed E-state index contributed by atoms with van der Waals surface area (Å²) in [6.07, 6.45) is 6.61. The van der Waals surface area contributed by atoms with E-state index in [1.807, 2.05) is 6.07 Å². The van der Waals surface area contributed by atoms with Crippen molar-refractivity contribution in [3.63, 3.8) is 0 Å². The van der Waals surface area contributed by atoms with Crippen molar-refractivity contribution in [1.82, 2.24) is 20.2 Å². The highest BCUT2D eigenvalue weighted by atomic mass is 127. The van der Waals surface area contributed by atoms with Crippen LogP contribution in [0.25, 0.3) is 11.0 Å². The van der Waals surface area contributed by atoms with E-state index in [9.17, 15) is 0 Å². The van der Waals surface area contributed by atoms with E-state index in [1.54, 1.807) is 0 Å². The highest BCUT2D eigenvalue weighted by Crippen LogP contribution is 2.15. The third-order valence-corrected chi connectivity index (χ3v) is 4.13. The van der Waals surface area contributed by atoms with Crippen LogP contribution < -0.4 is 10.6 Å². The molecule has 1 aromatic heterocycles. The SMILES string of the molecule is CCNC(=NCCn1c(C)nc2ccccc21)NC1CC=CC1.I. The predicted molar refractivity (Wildman–Crippen MR) is 111 cm³/mol. The van der Waals surface area contributed by atoms with Crippen molar-refractivity contribution in [3.8, 4) is 0 Å². The molecule has 3 rings (SSSR count). The Balaban J connectivity index is 0.00000208. The number of halogens is 1. The van der Waals surface area contributed by atoms with E-state index in [4.69, 9.17) is 4.99 Å². The molecular weight excluding hydrogens is 413 g/mol. The van der Waals surface area contributed by atoms with E-state index >= 15 is 0 Å². The lowest BCUT2D eigenvalue weighted by Gasteiger charge is -2.16. The summed E-state index contributed by atoms with van der Waals surface area (Å²) in [5.41, 5.74) is 2.23. The van der Waals surface area contributed by atoms with E-state index in [-0.39, 0.29) is 24.0 Å². The molecule has 6 heteroatoms. The standard InChI is InChI=1S/C18H25N5.HI/c1-3-19-18(22-15-8-4-5-9-15)20-12-13-23-14(2)21-16-10-6-7-11-17(16)23;/h4-7,10-11,15H,3,8-9,12-13H2,1-2H3,(H2,19,20,22);1H. The van der Waals surface area contributed by atoms with Gasteiger partial charge < -0.3 is 15.2 Å². The minimum absolute atomic E-state index is 0. The molecular formula is C18H26IN5. The molecule has 0 fully saturated rings. The number of hydrogen-bond donors (Lipinski definition) is 2. The Morgan fingerprint density at radius 3 is 2.79 bits per heavy atom. The number of aliphatic imine (C=N–C) groups is 1. The lowest BCUT2D eigenvalue weighted by molar-refractivity contribution is 0.628. The van der Waals surface area contributed by atoms with E-state index in [1.165, 1.54) is 5.52 Å². The molecule has 0 spiro atoms. The molecule has 0 saturated heterocycles. The Bertz CT molecular complexity index is 711. The number of benzene rings is 1. The van der Waals surface area contributed by atoms with Gasteiger partial charge in [0.25, 0.3) is 0 Å². The fourth-order valence-corrected chi connectivity index (χ4v) is 2.99. The molecule has 130 valence electrons. The van der Waals surface area contributed by atoms with Gasteiger partial charge in [-0.25, -0.2) is 4.98 Å². The van der Waals surface area contributed by atoms with Crippen LogP contribution >= 0.6 is 24.0 Å². The summed E-state index contributed by atoms with van der Waals surface area (Å²) < 4.78 is 2.24. The molecule has 0 unspecified atom stereocenters. The van der Waals surface area contributed by atoms with Crippen LogP contribution in [0.5, 0.6) is 0 Å². The van der Waals surface area contributed by atoms with Gasteiger partial charge in [0, 0.05) is 19.1 Å². The maximum atomic E-state index is 4.72. The second-order valence-electron chi connectivity index (χ2n) is 5.84. The van der Waals surface area contributed by atoms with Gasteiger partial charge in [-0.3, -0.25) is 4.99 Å². The first-order valence-electron chi connectivity index (χ1n) is 8.39. The first kappa shape index (κ1) is 18.8. The predicted octanol–water partition coefficient (Wildman–Crippen LogP) is 3.24. The second-order valence-corrected chi connectivity index (χ2v) is 5.84. The summed E-state index contributed by atoms with van der Waals surface area (Å²) in [6, 6.07) is 8.74. The van der Waals surface area contributed by atoms with E-state index in [2.05, 4.69) is 64.4 Å². The smallest absolute Gasteiger partial charge is 0.191 e. The number of aryl methyl sites for hydroxylation is 1. The number of imidazole rings is 1. The molecule has 1 heterocycles. The zero-order valence-corrected chi connectivity index (χ0v) is 16.7. The largest absolute Gasteiger partial charge is 0.357 e. The monoisotopic (exact) mass is 439 g/mol. The molecule has 24 heavy (non-hydrogen) atoms. The normalized spacial score (nSPS) is 14.8. The molecule has 2 N–H and O–H groups in total. The minimum Gasteiger partial charge on any atom is -0.357 e. The molecule has 0 saturated carbocycles. The molecule has 0 aliphatic heterocycles. The number of nitrogens with one attached hydrogen (secondary N) is 2. The van der Waals surface area contributed by atoms with Gasteiger partial charge in [-0.15, -0.1) is 24.0 Å². The number of aromatic nitrogens is 2. The molecule has 0 radical (unpaired) electrons. The summed E-state index contributed by atoms with van der Waals surface area (Å²) >= 11 is 0. The molecule has 1 aliphatic rings. The van der Waals surface area contributed by atoms with Gasteiger partial charge in [-0.1, -0.05) is 24.3 Å². The fourth-order valence-electron chi connectivity index (χ4n) is 2.99. The Kier molecular flexibility index (Phi) is 7.08. The third-order valence-electron chi connectivity index (χ3n) is 4.13. The first-order chi connectivity index (χ1) is 11.3. The van der Waals surface area contributed by atoms with Gasteiger partial charge >= 0.3 is 0 Å². The summed E-state index contributed by atoms with van der Waals surface area (Å²) in [6.45, 7) is 6.59. The van der Waals surface area contributed by atoms with Crippen molar-refractivity contribution in [2.75, 3.05) is 13.1 Å². The van der Waals surface area contributed by atoms with E-state index < -0.39 is 0 Å². The van der Waals surface area contributed by atoms with Crippen molar-refractivity contribution < 1.29 is 0 Å². The number of guanidine groups is 1. The summed E-state index contributed by atoms with van der Waals surface area (Å²) in [4.78, 5) is 9.32. The van der Waals surface area contributed by atoms with Gasteiger partial charge in [-0.05, 0) is 38.8 Å². The highest BCUT2D eigenvalue weighted by molar-refractivity contribution is 14.0. The van der Waals surface area contributed by atoms with Gasteiger partial charge in [0.1, 0.15) is 5.82 Å². The summed E-state index contributed by atoms with van der Waals surface area (Å²) in [5.74, 6) is 1.95. The molecule has 1 aliphatic carbocycles. The fraction of sp³-hybridized carbons (Fsp3) is 0.444.